The molecule has 1 saturated carbocycles. The lowest BCUT2D eigenvalue weighted by Crippen LogP contribution is -2.43. The van der Waals surface area contributed by atoms with Gasteiger partial charge in [-0.15, -0.1) is 0 Å². The van der Waals surface area contributed by atoms with Gasteiger partial charge in [0.2, 0.25) is 0 Å². The minimum Gasteiger partial charge on any atom is -0.300 e. The summed E-state index contributed by atoms with van der Waals surface area (Å²) in [5, 5.41) is 0. The summed E-state index contributed by atoms with van der Waals surface area (Å²) >= 11 is 0. The number of hydrogen-bond donors (Lipinski definition) is 0. The van der Waals surface area contributed by atoms with Crippen LogP contribution < -0.4 is 0 Å². The number of alkyl halides is 2. The highest BCUT2D eigenvalue weighted by atomic mass is 19.3. The van der Waals surface area contributed by atoms with Crippen LogP contribution in [0.1, 0.15) is 26.2 Å². The maximum atomic E-state index is 12.1. The molecule has 1 aliphatic carbocycles. The highest BCUT2D eigenvalue weighted by Crippen LogP contribution is 2.25. The molecule has 0 aromatic rings. The third-order valence-corrected chi connectivity index (χ3v) is 2.96. The zero-order valence-electron chi connectivity index (χ0n) is 8.67. The van der Waals surface area contributed by atoms with E-state index in [2.05, 4.69) is 0 Å². The summed E-state index contributed by atoms with van der Waals surface area (Å²) in [6.45, 7) is 1.79. The van der Waals surface area contributed by atoms with Gasteiger partial charge in [-0.1, -0.05) is 6.92 Å². The zero-order chi connectivity index (χ0) is 10.7. The van der Waals surface area contributed by atoms with E-state index in [0.29, 0.717) is 18.8 Å². The smallest absolute Gasteiger partial charge is 0.251 e. The molecule has 0 aromatic carbocycles. The van der Waals surface area contributed by atoms with E-state index in [0.717, 1.165) is 6.42 Å². The number of carbonyl (C=O) groups is 1. The zero-order valence-corrected chi connectivity index (χ0v) is 8.67. The first-order valence-corrected chi connectivity index (χ1v) is 5.00. The number of rotatable bonds is 3. The van der Waals surface area contributed by atoms with Gasteiger partial charge >= 0.3 is 0 Å². The van der Waals surface area contributed by atoms with Crippen molar-refractivity contribution >= 4 is 5.78 Å². The fraction of sp³-hybridized carbons (Fsp3) is 0.900. The van der Waals surface area contributed by atoms with E-state index in [4.69, 9.17) is 0 Å². The van der Waals surface area contributed by atoms with Crippen molar-refractivity contribution in [2.75, 3.05) is 13.6 Å². The third kappa shape index (κ3) is 3.01. The molecule has 0 amide bonds. The first-order chi connectivity index (χ1) is 6.50. The molecular formula is C10H17F2NO. The molecule has 0 saturated heterocycles. The quantitative estimate of drug-likeness (QED) is 0.701. The van der Waals surface area contributed by atoms with Crippen molar-refractivity contribution in [3.63, 3.8) is 0 Å². The molecule has 14 heavy (non-hydrogen) atoms. The van der Waals surface area contributed by atoms with Crippen LogP contribution in [0.25, 0.3) is 0 Å². The fourth-order valence-electron chi connectivity index (χ4n) is 2.06. The molecule has 4 heteroatoms. The largest absolute Gasteiger partial charge is 0.300 e. The molecular weight excluding hydrogens is 188 g/mol. The van der Waals surface area contributed by atoms with Gasteiger partial charge in [0, 0.05) is 18.9 Å². The van der Waals surface area contributed by atoms with Gasteiger partial charge in [-0.05, 0) is 19.4 Å². The van der Waals surface area contributed by atoms with Gasteiger partial charge in [-0.3, -0.25) is 9.69 Å². The third-order valence-electron chi connectivity index (χ3n) is 2.96. The van der Waals surface area contributed by atoms with Gasteiger partial charge in [0.1, 0.15) is 5.78 Å². The summed E-state index contributed by atoms with van der Waals surface area (Å²) in [7, 11) is 1.67. The maximum Gasteiger partial charge on any atom is 0.251 e. The number of hydrogen-bond acceptors (Lipinski definition) is 2. The number of ketones is 1. The molecule has 0 aromatic heterocycles. The first kappa shape index (κ1) is 11.6. The molecule has 0 spiro atoms. The predicted octanol–water partition coefficient (Wildman–Crippen LogP) is 1.94. The van der Waals surface area contributed by atoms with Crippen LogP contribution in [0.2, 0.25) is 0 Å². The van der Waals surface area contributed by atoms with E-state index in [1.54, 1.807) is 11.9 Å². The van der Waals surface area contributed by atoms with Crippen molar-refractivity contribution in [1.29, 1.82) is 0 Å². The molecule has 0 aliphatic heterocycles. The lowest BCUT2D eigenvalue weighted by Gasteiger charge is -2.35. The highest BCUT2D eigenvalue weighted by molar-refractivity contribution is 5.79. The Balaban J connectivity index is 2.51. The van der Waals surface area contributed by atoms with Gasteiger partial charge < -0.3 is 0 Å². The summed E-state index contributed by atoms with van der Waals surface area (Å²) in [6, 6.07) is 0.00486. The van der Waals surface area contributed by atoms with Crippen LogP contribution in [0.3, 0.4) is 0 Å². The summed E-state index contributed by atoms with van der Waals surface area (Å²) in [5.41, 5.74) is 0. The minimum atomic E-state index is -2.32. The second-order valence-electron chi connectivity index (χ2n) is 4.16. The van der Waals surface area contributed by atoms with E-state index in [-0.39, 0.29) is 18.4 Å². The van der Waals surface area contributed by atoms with E-state index >= 15 is 0 Å². The Labute approximate surface area is 83.3 Å². The van der Waals surface area contributed by atoms with Crippen LogP contribution in [0.4, 0.5) is 8.78 Å². The molecule has 1 aliphatic rings. The number of Topliss-reactive ketones (excluding diaryl/α,β-unsaturated/α-hetero) is 1. The predicted molar refractivity (Wildman–Crippen MR) is 50.4 cm³/mol. The lowest BCUT2D eigenvalue weighted by molar-refractivity contribution is -0.123. The van der Waals surface area contributed by atoms with Crippen molar-refractivity contribution in [2.24, 2.45) is 5.92 Å². The molecule has 0 bridgehead atoms. The summed E-state index contributed by atoms with van der Waals surface area (Å²) < 4.78 is 24.3. The van der Waals surface area contributed by atoms with Crippen LogP contribution in [-0.4, -0.2) is 36.7 Å². The fourth-order valence-corrected chi connectivity index (χ4v) is 2.06. The number of nitrogens with zero attached hydrogens (tertiary/aromatic N) is 1. The van der Waals surface area contributed by atoms with Gasteiger partial charge in [-0.25, -0.2) is 8.78 Å². The Kier molecular flexibility index (Phi) is 3.98. The molecule has 2 atom stereocenters. The molecule has 2 nitrogen and oxygen atoms in total. The second kappa shape index (κ2) is 4.82. The number of halogens is 2. The number of carbonyl (C=O) groups excluding carboxylic acids is 1. The topological polar surface area (TPSA) is 20.3 Å². The molecule has 2 unspecified atom stereocenters. The van der Waals surface area contributed by atoms with Crippen LogP contribution in [0, 0.1) is 5.92 Å². The molecule has 1 rings (SSSR count). The van der Waals surface area contributed by atoms with Crippen molar-refractivity contribution in [3.05, 3.63) is 0 Å². The van der Waals surface area contributed by atoms with Gasteiger partial charge in [0.05, 0.1) is 6.54 Å². The van der Waals surface area contributed by atoms with E-state index < -0.39 is 6.43 Å². The summed E-state index contributed by atoms with van der Waals surface area (Å²) in [5.74, 6) is 0.547. The van der Waals surface area contributed by atoms with Crippen LogP contribution in [0.5, 0.6) is 0 Å². The Bertz CT molecular complexity index is 208. The monoisotopic (exact) mass is 205 g/mol. The molecule has 0 radical (unpaired) electrons. The highest BCUT2D eigenvalue weighted by Gasteiger charge is 2.29. The van der Waals surface area contributed by atoms with Crippen LogP contribution >= 0.6 is 0 Å². The molecule has 0 heterocycles. The van der Waals surface area contributed by atoms with E-state index in [1.807, 2.05) is 6.92 Å². The molecule has 1 fully saturated rings. The van der Waals surface area contributed by atoms with Crippen molar-refractivity contribution in [3.8, 4) is 0 Å². The van der Waals surface area contributed by atoms with Gasteiger partial charge in [0.25, 0.3) is 6.43 Å². The Morgan fingerprint density at radius 2 is 2.21 bits per heavy atom. The minimum absolute atomic E-state index is 0.00486. The van der Waals surface area contributed by atoms with E-state index in [1.165, 1.54) is 0 Å². The SMILES string of the molecule is CC1CCC(=O)CC1N(C)CC(F)F. The van der Waals surface area contributed by atoms with Crippen LogP contribution in [0.15, 0.2) is 0 Å². The average molecular weight is 205 g/mol. The van der Waals surface area contributed by atoms with Crippen molar-refractivity contribution in [2.45, 2.75) is 38.7 Å². The normalized spacial score (nSPS) is 28.9. The van der Waals surface area contributed by atoms with Crippen molar-refractivity contribution < 1.29 is 13.6 Å². The lowest BCUT2D eigenvalue weighted by atomic mass is 9.84. The second-order valence-corrected chi connectivity index (χ2v) is 4.16. The summed E-state index contributed by atoms with van der Waals surface area (Å²) in [6.07, 6.45) is -0.439. The maximum absolute atomic E-state index is 12.1. The Morgan fingerprint density at radius 3 is 2.79 bits per heavy atom. The molecule has 0 N–H and O–H groups in total. The Hall–Kier alpha value is -0.510. The van der Waals surface area contributed by atoms with E-state index in [9.17, 15) is 13.6 Å². The molecule has 82 valence electrons. The Morgan fingerprint density at radius 1 is 1.57 bits per heavy atom. The van der Waals surface area contributed by atoms with Gasteiger partial charge in [-0.2, -0.15) is 0 Å². The standard InChI is InChI=1S/C10H17F2NO/c1-7-3-4-8(14)5-9(7)13(2)6-10(11)12/h7,9-10H,3-6H2,1-2H3. The van der Waals surface area contributed by atoms with Gasteiger partial charge in [0.15, 0.2) is 0 Å². The van der Waals surface area contributed by atoms with Crippen LogP contribution in [-0.2, 0) is 4.79 Å². The van der Waals surface area contributed by atoms with Crippen molar-refractivity contribution in [1.82, 2.24) is 4.90 Å². The summed E-state index contributed by atoms with van der Waals surface area (Å²) in [4.78, 5) is 12.8. The first-order valence-electron chi connectivity index (χ1n) is 5.00. The average Bonchev–Trinajstić information content (AvgIpc) is 2.08.